The van der Waals surface area contributed by atoms with Crippen LogP contribution in [0.3, 0.4) is 0 Å². The number of ether oxygens (including phenoxy) is 1. The van der Waals surface area contributed by atoms with E-state index in [0.29, 0.717) is 16.6 Å². The fourth-order valence-electron chi connectivity index (χ4n) is 2.23. The molecule has 3 aromatic heterocycles. The van der Waals surface area contributed by atoms with Gasteiger partial charge < -0.3 is 15.0 Å². The van der Waals surface area contributed by atoms with Crippen LogP contribution in [0, 0.1) is 0 Å². The summed E-state index contributed by atoms with van der Waals surface area (Å²) in [4.78, 5) is 26.5. The quantitative estimate of drug-likeness (QED) is 0.750. The summed E-state index contributed by atoms with van der Waals surface area (Å²) < 4.78 is 42.5. The molecule has 2 N–H and O–H groups in total. The molecule has 7 nitrogen and oxygen atoms in total. The van der Waals surface area contributed by atoms with Gasteiger partial charge in [-0.15, -0.1) is 0 Å². The summed E-state index contributed by atoms with van der Waals surface area (Å²) in [5, 5.41) is 2.66. The first-order valence-electron chi connectivity index (χ1n) is 7.07. The molecule has 0 aliphatic heterocycles. The normalized spacial score (nSPS) is 11.5. The van der Waals surface area contributed by atoms with Crippen molar-refractivity contribution in [3.63, 3.8) is 0 Å². The number of fused-ring (bicyclic) bond motifs is 1. The number of rotatable bonds is 4. The molecule has 0 spiro atoms. The van der Waals surface area contributed by atoms with Crippen LogP contribution in [0.15, 0.2) is 35.5 Å². The lowest BCUT2D eigenvalue weighted by Gasteiger charge is -2.12. The van der Waals surface area contributed by atoms with E-state index in [-0.39, 0.29) is 17.2 Å². The third kappa shape index (κ3) is 3.67. The highest BCUT2D eigenvalue weighted by atomic mass is 19.4. The second kappa shape index (κ2) is 6.38. The molecule has 0 amide bonds. The lowest BCUT2D eigenvalue weighted by molar-refractivity contribution is -0.115. The average molecular weight is 351 g/mol. The summed E-state index contributed by atoms with van der Waals surface area (Å²) in [5.41, 5.74) is 0.260. The Morgan fingerprint density at radius 2 is 2.00 bits per heavy atom. The summed E-state index contributed by atoms with van der Waals surface area (Å²) >= 11 is 0. The largest absolute Gasteiger partial charge is 0.467 e. The highest BCUT2D eigenvalue weighted by molar-refractivity contribution is 5.93. The van der Waals surface area contributed by atoms with Crippen LogP contribution in [0.25, 0.3) is 22.0 Å². The summed E-state index contributed by atoms with van der Waals surface area (Å²) in [7, 11) is 1.41. The van der Waals surface area contributed by atoms with Gasteiger partial charge in [0.2, 0.25) is 0 Å². The number of H-pyrrole nitrogens is 1. The number of anilines is 1. The minimum Gasteiger partial charge on any atom is -0.467 e. The minimum absolute atomic E-state index is 0.0462. The van der Waals surface area contributed by atoms with Gasteiger partial charge in [-0.1, -0.05) is 0 Å². The monoisotopic (exact) mass is 351 g/mol. The van der Waals surface area contributed by atoms with Crippen molar-refractivity contribution < 1.29 is 17.9 Å². The van der Waals surface area contributed by atoms with Gasteiger partial charge in [-0.25, -0.2) is 15.0 Å². The number of pyridine rings is 2. The SMILES string of the molecule is COc1ncc(-c2cc3cc[nH]c(=O)c3c(NCC(F)(F)F)n2)cn1. The van der Waals surface area contributed by atoms with E-state index >= 15 is 0 Å². The van der Waals surface area contributed by atoms with Crippen LogP contribution in [0.1, 0.15) is 0 Å². The van der Waals surface area contributed by atoms with Crippen LogP contribution in [-0.4, -0.2) is 39.8 Å². The number of halogens is 3. The van der Waals surface area contributed by atoms with Gasteiger partial charge in [0.05, 0.1) is 18.2 Å². The number of nitrogens with zero attached hydrogens (tertiary/aromatic N) is 3. The van der Waals surface area contributed by atoms with Gasteiger partial charge >= 0.3 is 12.2 Å². The first-order valence-corrected chi connectivity index (χ1v) is 7.07. The third-order valence-electron chi connectivity index (χ3n) is 3.32. The van der Waals surface area contributed by atoms with E-state index in [9.17, 15) is 18.0 Å². The van der Waals surface area contributed by atoms with E-state index < -0.39 is 18.3 Å². The first kappa shape index (κ1) is 16.7. The minimum atomic E-state index is -4.45. The van der Waals surface area contributed by atoms with E-state index in [1.807, 2.05) is 0 Å². The fraction of sp³-hybridized carbons (Fsp3) is 0.200. The van der Waals surface area contributed by atoms with Gasteiger partial charge in [0.1, 0.15) is 12.4 Å². The van der Waals surface area contributed by atoms with E-state index in [2.05, 4.69) is 25.3 Å². The molecule has 0 bridgehead atoms. The van der Waals surface area contributed by atoms with Crippen molar-refractivity contribution >= 4 is 16.6 Å². The Labute approximate surface area is 138 Å². The number of aromatic nitrogens is 4. The molecule has 0 aromatic carbocycles. The van der Waals surface area contributed by atoms with E-state index in [4.69, 9.17) is 4.74 Å². The molecule has 130 valence electrons. The Balaban J connectivity index is 2.12. The predicted octanol–water partition coefficient (Wildman–Crippen LogP) is 2.36. The van der Waals surface area contributed by atoms with Gasteiger partial charge in [0.25, 0.3) is 5.56 Å². The van der Waals surface area contributed by atoms with Crippen LogP contribution in [-0.2, 0) is 0 Å². The molecular weight excluding hydrogens is 339 g/mol. The Morgan fingerprint density at radius 3 is 2.64 bits per heavy atom. The molecule has 0 aliphatic rings. The van der Waals surface area contributed by atoms with Crippen molar-refractivity contribution in [3.05, 3.63) is 41.1 Å². The van der Waals surface area contributed by atoms with Crippen LogP contribution < -0.4 is 15.6 Å². The zero-order chi connectivity index (χ0) is 18.0. The fourth-order valence-corrected chi connectivity index (χ4v) is 2.23. The van der Waals surface area contributed by atoms with Crippen LogP contribution in [0.5, 0.6) is 6.01 Å². The van der Waals surface area contributed by atoms with Gasteiger partial charge in [0, 0.05) is 24.2 Å². The van der Waals surface area contributed by atoms with Crippen LogP contribution >= 0.6 is 0 Å². The summed E-state index contributed by atoms with van der Waals surface area (Å²) in [6, 6.07) is 3.30. The zero-order valence-electron chi connectivity index (χ0n) is 12.9. The van der Waals surface area contributed by atoms with Gasteiger partial charge in [0.15, 0.2) is 0 Å². The third-order valence-corrected chi connectivity index (χ3v) is 3.32. The standard InChI is InChI=1S/C15H12F3N5O2/c1-25-14-20-5-9(6-21-14)10-4-8-2-3-19-13(24)11(8)12(23-10)22-7-15(16,17)18/h2-6H,7H2,1H3,(H,19,24)(H,22,23). The maximum absolute atomic E-state index is 12.5. The molecule has 3 aromatic rings. The number of hydrogen-bond donors (Lipinski definition) is 2. The zero-order valence-corrected chi connectivity index (χ0v) is 12.9. The lowest BCUT2D eigenvalue weighted by Crippen LogP contribution is -2.23. The van der Waals surface area contributed by atoms with Gasteiger partial charge in [-0.2, -0.15) is 13.2 Å². The average Bonchev–Trinajstić information content (AvgIpc) is 2.59. The highest BCUT2D eigenvalue weighted by Crippen LogP contribution is 2.26. The Kier molecular flexibility index (Phi) is 4.26. The van der Waals surface area contributed by atoms with Crippen molar-refractivity contribution in [1.82, 2.24) is 19.9 Å². The predicted molar refractivity (Wildman–Crippen MR) is 84.5 cm³/mol. The second-order valence-electron chi connectivity index (χ2n) is 5.05. The van der Waals surface area contributed by atoms with Crippen LogP contribution in [0.2, 0.25) is 0 Å². The number of alkyl halides is 3. The molecule has 0 saturated heterocycles. The van der Waals surface area contributed by atoms with Crippen LogP contribution in [0.4, 0.5) is 19.0 Å². The molecule has 10 heteroatoms. The number of aromatic amines is 1. The van der Waals surface area contributed by atoms with Crippen molar-refractivity contribution in [2.24, 2.45) is 0 Å². The Hall–Kier alpha value is -3.17. The molecule has 25 heavy (non-hydrogen) atoms. The maximum atomic E-state index is 12.5. The van der Waals surface area contributed by atoms with Crippen molar-refractivity contribution in [1.29, 1.82) is 0 Å². The summed E-state index contributed by atoms with van der Waals surface area (Å²) in [5.74, 6) is -0.164. The molecular formula is C15H12F3N5O2. The Bertz CT molecular complexity index is 954. The number of hydrogen-bond acceptors (Lipinski definition) is 6. The van der Waals surface area contributed by atoms with Crippen molar-refractivity contribution in [2.45, 2.75) is 6.18 Å². The molecule has 0 atom stereocenters. The lowest BCUT2D eigenvalue weighted by atomic mass is 10.1. The van der Waals surface area contributed by atoms with Crippen molar-refractivity contribution in [3.8, 4) is 17.3 Å². The Morgan fingerprint density at radius 1 is 1.28 bits per heavy atom. The smallest absolute Gasteiger partial charge is 0.405 e. The van der Waals surface area contributed by atoms with E-state index in [1.54, 1.807) is 12.1 Å². The number of methoxy groups -OCH3 is 1. The topological polar surface area (TPSA) is 92.8 Å². The molecule has 3 rings (SSSR count). The first-order chi connectivity index (χ1) is 11.9. The molecule has 0 fully saturated rings. The number of nitrogens with one attached hydrogen (secondary N) is 2. The molecule has 3 heterocycles. The summed E-state index contributed by atoms with van der Waals surface area (Å²) in [6.07, 6.45) is -0.178. The van der Waals surface area contributed by atoms with Gasteiger partial charge in [-0.3, -0.25) is 4.79 Å². The molecule has 0 unspecified atom stereocenters. The van der Waals surface area contributed by atoms with E-state index in [1.165, 1.54) is 25.7 Å². The maximum Gasteiger partial charge on any atom is 0.405 e. The molecule has 0 aliphatic carbocycles. The van der Waals surface area contributed by atoms with E-state index in [0.717, 1.165) is 0 Å². The second-order valence-corrected chi connectivity index (χ2v) is 5.05. The van der Waals surface area contributed by atoms with Crippen molar-refractivity contribution in [2.75, 3.05) is 19.0 Å². The molecule has 0 saturated carbocycles. The molecule has 0 radical (unpaired) electrons. The van der Waals surface area contributed by atoms with Gasteiger partial charge in [-0.05, 0) is 17.5 Å². The summed E-state index contributed by atoms with van der Waals surface area (Å²) in [6.45, 7) is -1.31. The highest BCUT2D eigenvalue weighted by Gasteiger charge is 2.27.